The zero-order valence-corrected chi connectivity index (χ0v) is 14.1. The number of hydrogen-bond acceptors (Lipinski definition) is 4. The van der Waals surface area contributed by atoms with E-state index in [4.69, 9.17) is 0 Å². The Morgan fingerprint density at radius 1 is 1.29 bits per heavy atom. The van der Waals surface area contributed by atoms with Crippen LogP contribution in [0.2, 0.25) is 0 Å². The van der Waals surface area contributed by atoms with E-state index in [0.29, 0.717) is 12.8 Å². The van der Waals surface area contributed by atoms with Crippen molar-refractivity contribution in [3.63, 3.8) is 0 Å². The molecule has 1 aromatic heterocycles. The second-order valence-electron chi connectivity index (χ2n) is 5.97. The standard InChI is InChI=1S/C16H19N3O4S/c1-12-6-5-9-19(15(12)16(20)21)24(22,23)14-10-17-18(11-14)13-7-3-2-4-8-13/h2-4,7-8,10-12,15H,5-6,9H2,1H3,(H,20,21). The lowest BCUT2D eigenvalue weighted by atomic mass is 9.93. The van der Waals surface area contributed by atoms with Gasteiger partial charge in [0.25, 0.3) is 0 Å². The van der Waals surface area contributed by atoms with Gasteiger partial charge in [-0.15, -0.1) is 0 Å². The van der Waals surface area contributed by atoms with Gasteiger partial charge in [-0.2, -0.15) is 9.40 Å². The van der Waals surface area contributed by atoms with Crippen molar-refractivity contribution in [2.75, 3.05) is 6.54 Å². The maximum Gasteiger partial charge on any atom is 0.322 e. The van der Waals surface area contributed by atoms with Crippen molar-refractivity contribution in [1.82, 2.24) is 14.1 Å². The SMILES string of the molecule is CC1CCCN(S(=O)(=O)c2cnn(-c3ccccc3)c2)C1C(=O)O. The number of benzene rings is 1. The van der Waals surface area contributed by atoms with Crippen LogP contribution in [0.1, 0.15) is 19.8 Å². The molecule has 2 unspecified atom stereocenters. The van der Waals surface area contributed by atoms with Crippen molar-refractivity contribution in [1.29, 1.82) is 0 Å². The largest absolute Gasteiger partial charge is 0.480 e. The summed E-state index contributed by atoms with van der Waals surface area (Å²) in [6.45, 7) is 1.98. The first-order chi connectivity index (χ1) is 11.4. The number of carbonyl (C=O) groups is 1. The summed E-state index contributed by atoms with van der Waals surface area (Å²) >= 11 is 0. The maximum absolute atomic E-state index is 12.9. The number of carboxylic acids is 1. The van der Waals surface area contributed by atoms with Gasteiger partial charge < -0.3 is 5.11 Å². The van der Waals surface area contributed by atoms with E-state index >= 15 is 0 Å². The molecule has 0 amide bonds. The molecule has 0 bridgehead atoms. The van der Waals surface area contributed by atoms with E-state index in [-0.39, 0.29) is 17.4 Å². The van der Waals surface area contributed by atoms with Crippen LogP contribution < -0.4 is 0 Å². The molecule has 1 aliphatic rings. The van der Waals surface area contributed by atoms with E-state index in [1.165, 1.54) is 17.1 Å². The summed E-state index contributed by atoms with van der Waals surface area (Å²) in [6, 6.07) is 8.11. The van der Waals surface area contributed by atoms with Crippen molar-refractivity contribution in [3.8, 4) is 5.69 Å². The second-order valence-corrected chi connectivity index (χ2v) is 7.87. The minimum absolute atomic E-state index is 0.00621. The molecule has 1 fully saturated rings. The molecular weight excluding hydrogens is 330 g/mol. The van der Waals surface area contributed by atoms with E-state index in [1.54, 1.807) is 6.92 Å². The third kappa shape index (κ3) is 2.94. The molecular formula is C16H19N3O4S. The highest BCUT2D eigenvalue weighted by atomic mass is 32.2. The number of piperidine rings is 1. The van der Waals surface area contributed by atoms with Crippen molar-refractivity contribution in [2.24, 2.45) is 5.92 Å². The molecule has 0 saturated carbocycles. The van der Waals surface area contributed by atoms with Gasteiger partial charge in [-0.05, 0) is 30.9 Å². The highest BCUT2D eigenvalue weighted by molar-refractivity contribution is 7.89. The van der Waals surface area contributed by atoms with Gasteiger partial charge in [0.05, 0.1) is 18.1 Å². The Morgan fingerprint density at radius 2 is 2.00 bits per heavy atom. The van der Waals surface area contributed by atoms with Gasteiger partial charge in [0, 0.05) is 6.54 Å². The Kier molecular flexibility index (Phi) is 4.42. The third-order valence-electron chi connectivity index (χ3n) is 4.33. The lowest BCUT2D eigenvalue weighted by Gasteiger charge is -2.35. The van der Waals surface area contributed by atoms with E-state index in [9.17, 15) is 18.3 Å². The summed E-state index contributed by atoms with van der Waals surface area (Å²) in [7, 11) is -3.91. The highest BCUT2D eigenvalue weighted by Crippen LogP contribution is 2.29. The average Bonchev–Trinajstić information content (AvgIpc) is 3.06. The number of aliphatic carboxylic acids is 1. The molecule has 1 saturated heterocycles. The predicted molar refractivity (Wildman–Crippen MR) is 87.3 cm³/mol. The minimum atomic E-state index is -3.91. The van der Waals surface area contributed by atoms with E-state index in [2.05, 4.69) is 5.10 Å². The van der Waals surface area contributed by atoms with E-state index in [1.807, 2.05) is 30.3 Å². The molecule has 2 atom stereocenters. The fourth-order valence-corrected chi connectivity index (χ4v) is 4.73. The molecule has 0 radical (unpaired) electrons. The van der Waals surface area contributed by atoms with Crippen molar-refractivity contribution >= 4 is 16.0 Å². The Hall–Kier alpha value is -2.19. The fraction of sp³-hybridized carbons (Fsp3) is 0.375. The lowest BCUT2D eigenvalue weighted by molar-refractivity contribution is -0.144. The van der Waals surface area contributed by atoms with Crippen LogP contribution in [0.3, 0.4) is 0 Å². The van der Waals surface area contributed by atoms with Gasteiger partial charge in [0.1, 0.15) is 10.9 Å². The normalized spacial score (nSPS) is 22.4. The molecule has 0 aliphatic carbocycles. The number of rotatable bonds is 4. The van der Waals surface area contributed by atoms with Crippen molar-refractivity contribution in [3.05, 3.63) is 42.7 Å². The molecule has 24 heavy (non-hydrogen) atoms. The number of carboxylic acid groups (broad SMARTS) is 1. The molecule has 3 rings (SSSR count). The van der Waals surface area contributed by atoms with Gasteiger partial charge in [-0.25, -0.2) is 13.1 Å². The summed E-state index contributed by atoms with van der Waals surface area (Å²) in [5.74, 6) is -1.34. The van der Waals surface area contributed by atoms with Gasteiger partial charge in [0.2, 0.25) is 10.0 Å². The average molecular weight is 349 g/mol. The Balaban J connectivity index is 1.96. The summed E-state index contributed by atoms with van der Waals surface area (Å²) in [5, 5.41) is 13.5. The Labute approximate surface area is 140 Å². The summed E-state index contributed by atoms with van der Waals surface area (Å²) < 4.78 is 28.4. The number of nitrogens with zero attached hydrogens (tertiary/aromatic N) is 3. The van der Waals surface area contributed by atoms with Crippen LogP contribution >= 0.6 is 0 Å². The van der Waals surface area contributed by atoms with Crippen LogP contribution in [-0.4, -0.2) is 46.2 Å². The van der Waals surface area contributed by atoms with Crippen LogP contribution in [0.15, 0.2) is 47.6 Å². The third-order valence-corrected chi connectivity index (χ3v) is 6.16. The molecule has 1 N–H and O–H groups in total. The molecule has 8 heteroatoms. The zero-order valence-electron chi connectivity index (χ0n) is 13.2. The topological polar surface area (TPSA) is 92.5 Å². The zero-order chi connectivity index (χ0) is 17.3. The first kappa shape index (κ1) is 16.7. The molecule has 128 valence electrons. The van der Waals surface area contributed by atoms with Crippen LogP contribution in [0.4, 0.5) is 0 Å². The fourth-order valence-electron chi connectivity index (χ4n) is 3.08. The Morgan fingerprint density at radius 3 is 2.67 bits per heavy atom. The second kappa shape index (κ2) is 6.37. The quantitative estimate of drug-likeness (QED) is 0.908. The molecule has 1 aromatic carbocycles. The van der Waals surface area contributed by atoms with Crippen molar-refractivity contribution in [2.45, 2.75) is 30.7 Å². The van der Waals surface area contributed by atoms with Gasteiger partial charge in [-0.3, -0.25) is 4.79 Å². The number of aromatic nitrogens is 2. The predicted octanol–water partition coefficient (Wildman–Crippen LogP) is 1.75. The van der Waals surface area contributed by atoms with E-state index in [0.717, 1.165) is 9.99 Å². The summed E-state index contributed by atoms with van der Waals surface area (Å²) in [6.07, 6.45) is 4.03. The summed E-state index contributed by atoms with van der Waals surface area (Å²) in [5.41, 5.74) is 0.737. The monoisotopic (exact) mass is 349 g/mol. The smallest absolute Gasteiger partial charge is 0.322 e. The molecule has 0 spiro atoms. The number of hydrogen-bond donors (Lipinski definition) is 1. The molecule has 2 heterocycles. The molecule has 1 aliphatic heterocycles. The van der Waals surface area contributed by atoms with Crippen LogP contribution in [0, 0.1) is 5.92 Å². The molecule has 7 nitrogen and oxygen atoms in total. The lowest BCUT2D eigenvalue weighted by Crippen LogP contribution is -2.51. The number of sulfonamides is 1. The van der Waals surface area contributed by atoms with Crippen LogP contribution in [0.25, 0.3) is 5.69 Å². The van der Waals surface area contributed by atoms with Crippen LogP contribution in [0.5, 0.6) is 0 Å². The van der Waals surface area contributed by atoms with Crippen molar-refractivity contribution < 1.29 is 18.3 Å². The Bertz CT molecular complexity index is 832. The highest BCUT2D eigenvalue weighted by Gasteiger charge is 2.42. The molecule has 2 aromatic rings. The minimum Gasteiger partial charge on any atom is -0.480 e. The number of para-hydroxylation sites is 1. The summed E-state index contributed by atoms with van der Waals surface area (Å²) in [4.78, 5) is 11.6. The van der Waals surface area contributed by atoms with Gasteiger partial charge in [0.15, 0.2) is 0 Å². The van der Waals surface area contributed by atoms with E-state index < -0.39 is 22.0 Å². The first-order valence-corrected chi connectivity index (χ1v) is 9.20. The van der Waals surface area contributed by atoms with Gasteiger partial charge >= 0.3 is 5.97 Å². The van der Waals surface area contributed by atoms with Gasteiger partial charge in [-0.1, -0.05) is 25.1 Å². The first-order valence-electron chi connectivity index (χ1n) is 7.76. The van der Waals surface area contributed by atoms with Crippen LogP contribution in [-0.2, 0) is 14.8 Å². The maximum atomic E-state index is 12.9.